The number of nitrogens with zero attached hydrogens (tertiary/aromatic N) is 2. The SMILES string of the molecule is CCNC(=NCC1CC(=O)N(CCc2ccccc2)C1)NCCc1cc(C)cc(C)c1.I. The van der Waals surface area contributed by atoms with Crippen LogP contribution in [0.4, 0.5) is 0 Å². The number of carbonyl (C=O) groups excluding carboxylic acids is 1. The molecule has 1 amide bonds. The van der Waals surface area contributed by atoms with Crippen molar-refractivity contribution in [1.29, 1.82) is 0 Å². The number of aryl methyl sites for hydroxylation is 2. The van der Waals surface area contributed by atoms with Gasteiger partial charge in [0.2, 0.25) is 5.91 Å². The summed E-state index contributed by atoms with van der Waals surface area (Å²) in [6, 6.07) is 17.1. The highest BCUT2D eigenvalue weighted by Crippen LogP contribution is 2.18. The van der Waals surface area contributed by atoms with E-state index in [0.717, 1.165) is 45.0 Å². The lowest BCUT2D eigenvalue weighted by Gasteiger charge is -2.16. The number of halogens is 1. The van der Waals surface area contributed by atoms with Gasteiger partial charge in [0.15, 0.2) is 5.96 Å². The predicted octanol–water partition coefficient (Wildman–Crippen LogP) is 4.11. The van der Waals surface area contributed by atoms with Gasteiger partial charge in [-0.2, -0.15) is 0 Å². The van der Waals surface area contributed by atoms with E-state index in [1.807, 2.05) is 23.1 Å². The summed E-state index contributed by atoms with van der Waals surface area (Å²) in [7, 11) is 0. The minimum absolute atomic E-state index is 0. The van der Waals surface area contributed by atoms with Crippen molar-refractivity contribution < 1.29 is 4.79 Å². The Morgan fingerprint density at radius 3 is 2.44 bits per heavy atom. The molecule has 0 aliphatic carbocycles. The first-order valence-electron chi connectivity index (χ1n) is 11.4. The number of hydrogen-bond acceptors (Lipinski definition) is 2. The first-order valence-corrected chi connectivity index (χ1v) is 11.4. The van der Waals surface area contributed by atoms with Gasteiger partial charge in [0.05, 0.1) is 0 Å². The molecule has 3 rings (SSSR count). The lowest BCUT2D eigenvalue weighted by atomic mass is 10.1. The van der Waals surface area contributed by atoms with Gasteiger partial charge in [-0.3, -0.25) is 9.79 Å². The van der Waals surface area contributed by atoms with Crippen molar-refractivity contribution in [1.82, 2.24) is 15.5 Å². The summed E-state index contributed by atoms with van der Waals surface area (Å²) in [5.74, 6) is 1.38. The summed E-state index contributed by atoms with van der Waals surface area (Å²) in [5.41, 5.74) is 5.23. The highest BCUT2D eigenvalue weighted by Gasteiger charge is 2.28. The lowest BCUT2D eigenvalue weighted by molar-refractivity contribution is -0.127. The zero-order chi connectivity index (χ0) is 22.1. The summed E-state index contributed by atoms with van der Waals surface area (Å²) < 4.78 is 0. The second-order valence-electron chi connectivity index (χ2n) is 8.54. The molecule has 1 unspecified atom stereocenters. The van der Waals surface area contributed by atoms with Crippen LogP contribution >= 0.6 is 24.0 Å². The van der Waals surface area contributed by atoms with E-state index in [9.17, 15) is 4.79 Å². The Labute approximate surface area is 210 Å². The fraction of sp³-hybridized carbons (Fsp3) is 0.462. The zero-order valence-corrected chi connectivity index (χ0v) is 21.9. The van der Waals surface area contributed by atoms with Gasteiger partial charge in [0.25, 0.3) is 0 Å². The number of carbonyl (C=O) groups is 1. The first-order chi connectivity index (χ1) is 15.0. The fourth-order valence-corrected chi connectivity index (χ4v) is 4.20. The van der Waals surface area contributed by atoms with Crippen LogP contribution in [-0.4, -0.2) is 49.5 Å². The summed E-state index contributed by atoms with van der Waals surface area (Å²) >= 11 is 0. The Morgan fingerprint density at radius 1 is 1.03 bits per heavy atom. The molecule has 5 nitrogen and oxygen atoms in total. The number of benzene rings is 2. The molecule has 1 heterocycles. The molecule has 1 fully saturated rings. The second-order valence-corrected chi connectivity index (χ2v) is 8.54. The number of nitrogens with one attached hydrogen (secondary N) is 2. The van der Waals surface area contributed by atoms with E-state index in [4.69, 9.17) is 4.99 Å². The Morgan fingerprint density at radius 2 is 1.75 bits per heavy atom. The molecule has 2 aromatic carbocycles. The van der Waals surface area contributed by atoms with Gasteiger partial charge in [0, 0.05) is 45.1 Å². The van der Waals surface area contributed by atoms with Gasteiger partial charge < -0.3 is 15.5 Å². The number of amides is 1. The third-order valence-electron chi connectivity index (χ3n) is 5.65. The molecule has 2 N–H and O–H groups in total. The summed E-state index contributed by atoms with van der Waals surface area (Å²) in [6.45, 7) is 10.3. The van der Waals surface area contributed by atoms with E-state index in [1.165, 1.54) is 22.3 Å². The molecule has 0 saturated carbocycles. The Kier molecular flexibility index (Phi) is 11.0. The van der Waals surface area contributed by atoms with Crippen LogP contribution in [0.25, 0.3) is 0 Å². The van der Waals surface area contributed by atoms with Crippen LogP contribution in [0.5, 0.6) is 0 Å². The molecule has 0 spiro atoms. The number of guanidine groups is 1. The maximum absolute atomic E-state index is 12.4. The van der Waals surface area contributed by atoms with Crippen LogP contribution in [0.15, 0.2) is 53.5 Å². The molecule has 6 heteroatoms. The van der Waals surface area contributed by atoms with E-state index in [2.05, 4.69) is 61.7 Å². The molecule has 1 aliphatic heterocycles. The number of rotatable bonds is 9. The monoisotopic (exact) mass is 548 g/mol. The Bertz CT molecular complexity index is 864. The quantitative estimate of drug-likeness (QED) is 0.282. The van der Waals surface area contributed by atoms with E-state index in [1.54, 1.807) is 0 Å². The molecule has 2 aromatic rings. The van der Waals surface area contributed by atoms with Gasteiger partial charge in [-0.15, -0.1) is 24.0 Å². The molecule has 0 radical (unpaired) electrons. The Balaban J connectivity index is 0.00000363. The number of aliphatic imine (C=N–C) groups is 1. The maximum Gasteiger partial charge on any atom is 0.223 e. The van der Waals surface area contributed by atoms with Crippen LogP contribution in [-0.2, 0) is 17.6 Å². The molecule has 0 bridgehead atoms. The lowest BCUT2D eigenvalue weighted by Crippen LogP contribution is -2.38. The van der Waals surface area contributed by atoms with Crippen LogP contribution < -0.4 is 10.6 Å². The van der Waals surface area contributed by atoms with Gasteiger partial charge in [-0.25, -0.2) is 0 Å². The van der Waals surface area contributed by atoms with Crippen molar-refractivity contribution in [2.24, 2.45) is 10.9 Å². The minimum atomic E-state index is 0. The van der Waals surface area contributed by atoms with E-state index >= 15 is 0 Å². The number of hydrogen-bond donors (Lipinski definition) is 2. The van der Waals surface area contributed by atoms with Crippen molar-refractivity contribution in [2.75, 3.05) is 32.7 Å². The largest absolute Gasteiger partial charge is 0.357 e. The minimum Gasteiger partial charge on any atom is -0.357 e. The van der Waals surface area contributed by atoms with Gasteiger partial charge in [0.1, 0.15) is 0 Å². The van der Waals surface area contributed by atoms with Crippen LogP contribution in [0.3, 0.4) is 0 Å². The second kappa shape index (κ2) is 13.5. The highest BCUT2D eigenvalue weighted by atomic mass is 127. The van der Waals surface area contributed by atoms with Crippen LogP contribution in [0.2, 0.25) is 0 Å². The van der Waals surface area contributed by atoms with Gasteiger partial charge in [-0.05, 0) is 44.7 Å². The molecule has 1 atom stereocenters. The van der Waals surface area contributed by atoms with E-state index < -0.39 is 0 Å². The molecule has 0 aromatic heterocycles. The maximum atomic E-state index is 12.4. The molecular formula is C26H37IN4O. The number of likely N-dealkylation sites (tertiary alicyclic amines) is 1. The molecule has 32 heavy (non-hydrogen) atoms. The molecule has 1 saturated heterocycles. The van der Waals surface area contributed by atoms with E-state index in [0.29, 0.717) is 13.0 Å². The topological polar surface area (TPSA) is 56.7 Å². The average Bonchev–Trinajstić information content (AvgIpc) is 3.10. The third kappa shape index (κ3) is 8.45. The highest BCUT2D eigenvalue weighted by molar-refractivity contribution is 14.0. The average molecular weight is 549 g/mol. The first kappa shape index (κ1) is 26.2. The van der Waals surface area contributed by atoms with Crippen molar-refractivity contribution in [3.8, 4) is 0 Å². The smallest absolute Gasteiger partial charge is 0.223 e. The van der Waals surface area contributed by atoms with Crippen molar-refractivity contribution in [3.63, 3.8) is 0 Å². The van der Waals surface area contributed by atoms with E-state index in [-0.39, 0.29) is 35.8 Å². The summed E-state index contributed by atoms with van der Waals surface area (Å²) in [6.07, 6.45) is 2.47. The standard InChI is InChI=1S/C26H36N4O.HI/c1-4-27-26(28-12-10-23-15-20(2)14-21(3)16-23)29-18-24-17-25(31)30(19-24)13-11-22-8-6-5-7-9-22;/h5-9,14-16,24H,4,10-13,17-19H2,1-3H3,(H2,27,28,29);1H. The van der Waals surface area contributed by atoms with Crippen LogP contribution in [0, 0.1) is 19.8 Å². The predicted molar refractivity (Wildman–Crippen MR) is 144 cm³/mol. The van der Waals surface area contributed by atoms with Crippen molar-refractivity contribution in [3.05, 3.63) is 70.8 Å². The zero-order valence-electron chi connectivity index (χ0n) is 19.6. The third-order valence-corrected chi connectivity index (χ3v) is 5.65. The molecular weight excluding hydrogens is 511 g/mol. The van der Waals surface area contributed by atoms with Crippen molar-refractivity contribution in [2.45, 2.75) is 40.0 Å². The Hall–Kier alpha value is -2.09. The van der Waals surface area contributed by atoms with Gasteiger partial charge in [-0.1, -0.05) is 59.7 Å². The normalized spacial score (nSPS) is 16.1. The van der Waals surface area contributed by atoms with Gasteiger partial charge >= 0.3 is 0 Å². The van der Waals surface area contributed by atoms with Crippen molar-refractivity contribution >= 4 is 35.8 Å². The molecule has 1 aliphatic rings. The summed E-state index contributed by atoms with van der Waals surface area (Å²) in [5, 5.41) is 6.77. The van der Waals surface area contributed by atoms with Crippen LogP contribution in [0.1, 0.15) is 35.6 Å². The molecule has 174 valence electrons. The fourth-order valence-electron chi connectivity index (χ4n) is 4.20. The summed E-state index contributed by atoms with van der Waals surface area (Å²) in [4.78, 5) is 19.2.